The van der Waals surface area contributed by atoms with Crippen LogP contribution in [-0.2, 0) is 0 Å². The van der Waals surface area contributed by atoms with Crippen LogP contribution in [0.1, 0.15) is 22.6 Å². The van der Waals surface area contributed by atoms with E-state index in [4.69, 9.17) is 0 Å². The van der Waals surface area contributed by atoms with E-state index in [2.05, 4.69) is 85.5 Å². The van der Waals surface area contributed by atoms with Gasteiger partial charge in [0.2, 0.25) is 0 Å². The highest BCUT2D eigenvalue weighted by Gasteiger charge is 2.37. The molecular weight excluding hydrogens is 254 g/mol. The van der Waals surface area contributed by atoms with Crippen LogP contribution >= 0.6 is 0 Å². The van der Waals surface area contributed by atoms with Gasteiger partial charge in [-0.15, -0.1) is 0 Å². The maximum atomic E-state index is 2.48. The monoisotopic (exact) mass is 273 g/mol. The summed E-state index contributed by atoms with van der Waals surface area (Å²) in [4.78, 5) is 2.48. The van der Waals surface area contributed by atoms with Crippen molar-refractivity contribution in [3.05, 3.63) is 83.5 Å². The van der Waals surface area contributed by atoms with Gasteiger partial charge < -0.3 is 4.90 Å². The van der Waals surface area contributed by atoms with Crippen LogP contribution in [0.2, 0.25) is 0 Å². The number of nitrogens with zero attached hydrogens (tertiary/aromatic N) is 1. The van der Waals surface area contributed by atoms with Crippen molar-refractivity contribution in [2.24, 2.45) is 0 Å². The van der Waals surface area contributed by atoms with Crippen molar-refractivity contribution < 1.29 is 0 Å². The Kier molecular flexibility index (Phi) is 2.75. The van der Waals surface area contributed by atoms with Gasteiger partial charge in [0.1, 0.15) is 0 Å². The summed E-state index contributed by atoms with van der Waals surface area (Å²) in [5.74, 6) is 0.463. The van der Waals surface area contributed by atoms with Crippen LogP contribution < -0.4 is 4.90 Å². The summed E-state index contributed by atoms with van der Waals surface area (Å²) in [7, 11) is 0. The zero-order chi connectivity index (χ0) is 14.4. The Balaban J connectivity index is 1.91. The highest BCUT2D eigenvalue weighted by molar-refractivity contribution is 5.75. The molecule has 21 heavy (non-hydrogen) atoms. The van der Waals surface area contributed by atoms with Crippen molar-refractivity contribution in [2.45, 2.75) is 25.8 Å². The van der Waals surface area contributed by atoms with Crippen molar-refractivity contribution in [2.75, 3.05) is 4.90 Å². The van der Waals surface area contributed by atoms with Crippen LogP contribution in [0.4, 0.5) is 11.4 Å². The summed E-state index contributed by atoms with van der Waals surface area (Å²) < 4.78 is 0. The molecule has 1 nitrogen and oxygen atoms in total. The Hall–Kier alpha value is -2.28. The van der Waals surface area contributed by atoms with E-state index in [0.717, 1.165) is 0 Å². The molecule has 2 aromatic carbocycles. The molecule has 0 amide bonds. The Morgan fingerprint density at radius 3 is 2.52 bits per heavy atom. The number of rotatable bonds is 1. The molecule has 0 aromatic heterocycles. The Bertz CT molecular complexity index is 754. The van der Waals surface area contributed by atoms with Gasteiger partial charge in [-0.3, -0.25) is 0 Å². The van der Waals surface area contributed by atoms with E-state index >= 15 is 0 Å². The quantitative estimate of drug-likeness (QED) is 0.704. The highest BCUT2D eigenvalue weighted by atomic mass is 15.2. The molecule has 1 unspecified atom stereocenters. The van der Waals surface area contributed by atoms with Crippen LogP contribution in [-0.4, -0.2) is 6.04 Å². The smallest absolute Gasteiger partial charge is 0.0629 e. The van der Waals surface area contributed by atoms with Crippen LogP contribution in [0, 0.1) is 13.8 Å². The molecule has 0 fully saturated rings. The lowest BCUT2D eigenvalue weighted by atomic mass is 9.91. The minimum absolute atomic E-state index is 0.397. The van der Waals surface area contributed by atoms with Gasteiger partial charge in [-0.25, -0.2) is 0 Å². The number of fused-ring (bicyclic) bond motifs is 3. The zero-order valence-corrected chi connectivity index (χ0v) is 12.5. The second kappa shape index (κ2) is 4.63. The van der Waals surface area contributed by atoms with Gasteiger partial charge in [0.15, 0.2) is 0 Å². The molecule has 1 aliphatic heterocycles. The molecule has 0 spiro atoms. The van der Waals surface area contributed by atoms with E-state index in [1.807, 2.05) is 0 Å². The number of anilines is 2. The third-order valence-electron chi connectivity index (χ3n) is 4.49. The summed E-state index contributed by atoms with van der Waals surface area (Å²) in [5.41, 5.74) is 6.72. The topological polar surface area (TPSA) is 3.24 Å². The van der Waals surface area contributed by atoms with E-state index < -0.39 is 0 Å². The summed E-state index contributed by atoms with van der Waals surface area (Å²) in [6.07, 6.45) is 9.00. The maximum Gasteiger partial charge on any atom is 0.0629 e. The number of hydrogen-bond acceptors (Lipinski definition) is 1. The summed E-state index contributed by atoms with van der Waals surface area (Å²) in [6.45, 7) is 4.33. The predicted molar refractivity (Wildman–Crippen MR) is 89.3 cm³/mol. The van der Waals surface area contributed by atoms with Crippen molar-refractivity contribution in [3.63, 3.8) is 0 Å². The highest BCUT2D eigenvalue weighted by Crippen LogP contribution is 2.47. The molecule has 0 saturated heterocycles. The van der Waals surface area contributed by atoms with Crippen LogP contribution in [0.15, 0.2) is 66.8 Å². The first kappa shape index (κ1) is 12.5. The van der Waals surface area contributed by atoms with E-state index in [1.165, 1.54) is 28.1 Å². The van der Waals surface area contributed by atoms with Crippen LogP contribution in [0.5, 0.6) is 0 Å². The summed E-state index contributed by atoms with van der Waals surface area (Å²) in [5, 5.41) is 0. The number of allylic oxidation sites excluding steroid dienone is 2. The average molecular weight is 273 g/mol. The Morgan fingerprint density at radius 2 is 1.67 bits per heavy atom. The molecule has 1 aliphatic carbocycles. The van der Waals surface area contributed by atoms with E-state index in [0.29, 0.717) is 12.0 Å². The predicted octanol–water partition coefficient (Wildman–Crippen LogP) is 5.03. The molecule has 2 aliphatic rings. The second-order valence-electron chi connectivity index (χ2n) is 6.06. The Labute approximate surface area is 126 Å². The zero-order valence-electron chi connectivity index (χ0n) is 12.5. The molecule has 0 radical (unpaired) electrons. The van der Waals surface area contributed by atoms with Gasteiger partial charge in [-0.1, -0.05) is 54.1 Å². The lowest BCUT2D eigenvalue weighted by molar-refractivity contribution is 0.744. The largest absolute Gasteiger partial charge is 0.333 e. The number of benzene rings is 2. The molecule has 2 aromatic rings. The van der Waals surface area contributed by atoms with Crippen molar-refractivity contribution in [1.82, 2.24) is 0 Å². The van der Waals surface area contributed by atoms with Gasteiger partial charge in [-0.2, -0.15) is 0 Å². The van der Waals surface area contributed by atoms with Crippen molar-refractivity contribution in [3.8, 4) is 0 Å². The SMILES string of the molecule is Cc1cccc(N2c3ccc(C)cc3[C@@H]3C=CC=CC32)c1. The van der Waals surface area contributed by atoms with Crippen LogP contribution in [0.25, 0.3) is 0 Å². The second-order valence-corrected chi connectivity index (χ2v) is 6.06. The molecule has 1 heterocycles. The molecule has 0 bridgehead atoms. The van der Waals surface area contributed by atoms with Crippen LogP contribution in [0.3, 0.4) is 0 Å². The first-order valence-corrected chi connectivity index (χ1v) is 7.55. The molecule has 0 N–H and O–H groups in total. The lowest BCUT2D eigenvalue weighted by Gasteiger charge is -2.28. The Morgan fingerprint density at radius 1 is 0.857 bits per heavy atom. The first-order chi connectivity index (χ1) is 10.2. The average Bonchev–Trinajstić information content (AvgIpc) is 2.81. The molecule has 2 atom stereocenters. The fourth-order valence-electron chi connectivity index (χ4n) is 3.54. The van der Waals surface area contributed by atoms with Gasteiger partial charge in [-0.05, 0) is 43.2 Å². The third-order valence-corrected chi connectivity index (χ3v) is 4.49. The number of aryl methyl sites for hydroxylation is 2. The van der Waals surface area contributed by atoms with Crippen molar-refractivity contribution >= 4 is 11.4 Å². The van der Waals surface area contributed by atoms with Gasteiger partial charge >= 0.3 is 0 Å². The minimum atomic E-state index is 0.397. The normalized spacial score (nSPS) is 22.3. The minimum Gasteiger partial charge on any atom is -0.333 e. The van der Waals surface area contributed by atoms with E-state index in [9.17, 15) is 0 Å². The maximum absolute atomic E-state index is 2.48. The standard InChI is InChI=1S/C20H19N/c1-14-6-5-7-16(12-14)21-19-9-4-3-8-17(19)18-13-15(2)10-11-20(18)21/h3-13,17,19H,1-2H3/t17-,19?/m0/s1. The summed E-state index contributed by atoms with van der Waals surface area (Å²) in [6, 6.07) is 16.0. The molecule has 0 saturated carbocycles. The van der Waals surface area contributed by atoms with Gasteiger partial charge in [0.25, 0.3) is 0 Å². The molecule has 1 heteroatoms. The van der Waals surface area contributed by atoms with Gasteiger partial charge in [0.05, 0.1) is 6.04 Å². The summed E-state index contributed by atoms with van der Waals surface area (Å²) >= 11 is 0. The fraction of sp³-hybridized carbons (Fsp3) is 0.200. The van der Waals surface area contributed by atoms with E-state index in [-0.39, 0.29) is 0 Å². The van der Waals surface area contributed by atoms with Gasteiger partial charge in [0, 0.05) is 17.3 Å². The lowest BCUT2D eigenvalue weighted by Crippen LogP contribution is -2.28. The molecule has 104 valence electrons. The first-order valence-electron chi connectivity index (χ1n) is 7.55. The van der Waals surface area contributed by atoms with E-state index in [1.54, 1.807) is 0 Å². The molecular formula is C20H19N. The molecule has 4 rings (SSSR count). The number of hydrogen-bond donors (Lipinski definition) is 0. The fourth-order valence-corrected chi connectivity index (χ4v) is 3.54. The third kappa shape index (κ3) is 1.92. The van der Waals surface area contributed by atoms with Crippen molar-refractivity contribution in [1.29, 1.82) is 0 Å².